The van der Waals surface area contributed by atoms with Crippen molar-refractivity contribution in [3.05, 3.63) is 34.9 Å². The molecule has 4 aliphatic rings. The van der Waals surface area contributed by atoms with Crippen LogP contribution >= 0.6 is 0 Å². The molecule has 12 nitrogen and oxygen atoms in total. The van der Waals surface area contributed by atoms with E-state index in [9.17, 15) is 50.8 Å². The summed E-state index contributed by atoms with van der Waals surface area (Å²) in [6, 6.07) is 1.55. The van der Waals surface area contributed by atoms with Crippen LogP contribution in [0.2, 0.25) is 0 Å². The standard InChI is InChI=1S/C35H52O12/c1-16-17-8-9-22-32(4)13-19(37)29(35(7,45)23(38)10-11-31(2,3)44)33(32,5)14-24(39)34(22,6)18(17)12-20(25(16)40)46-30-28(43)27(42)26(41)21(15-36)47-30/h10-12,19,21-23,26-30,36-38,40-45H,8-9,13-15H2,1-7H3/t19-,21-,22+,23+,26-,27+,28-,29+,30-,32+,33-,34+,35+/m1/s1. The summed E-state index contributed by atoms with van der Waals surface area (Å²) >= 11 is 0. The van der Waals surface area contributed by atoms with Crippen molar-refractivity contribution in [2.45, 2.75) is 134 Å². The van der Waals surface area contributed by atoms with Gasteiger partial charge in [-0.3, -0.25) is 4.79 Å². The second-order valence-corrected chi connectivity index (χ2v) is 15.9. The van der Waals surface area contributed by atoms with E-state index in [1.165, 1.54) is 32.9 Å². The van der Waals surface area contributed by atoms with Crippen LogP contribution in [0.5, 0.6) is 11.5 Å². The zero-order valence-corrected chi connectivity index (χ0v) is 28.2. The first-order chi connectivity index (χ1) is 21.6. The minimum atomic E-state index is -1.84. The fourth-order valence-corrected chi connectivity index (χ4v) is 9.72. The third kappa shape index (κ3) is 5.35. The van der Waals surface area contributed by atoms with Crippen molar-refractivity contribution in [2.24, 2.45) is 22.7 Å². The predicted molar refractivity (Wildman–Crippen MR) is 168 cm³/mol. The third-order valence-electron chi connectivity index (χ3n) is 12.5. The quantitative estimate of drug-likeness (QED) is 0.182. The minimum absolute atomic E-state index is 0.0153. The highest BCUT2D eigenvalue weighted by molar-refractivity contribution is 5.93. The van der Waals surface area contributed by atoms with E-state index in [4.69, 9.17) is 9.47 Å². The number of rotatable bonds is 7. The van der Waals surface area contributed by atoms with E-state index in [2.05, 4.69) is 0 Å². The molecule has 47 heavy (non-hydrogen) atoms. The van der Waals surface area contributed by atoms with E-state index in [-0.39, 0.29) is 36.0 Å². The van der Waals surface area contributed by atoms with Crippen molar-refractivity contribution >= 4 is 5.78 Å². The maximum Gasteiger partial charge on any atom is 0.229 e. The first-order valence-electron chi connectivity index (χ1n) is 16.4. The lowest BCUT2D eigenvalue weighted by Crippen LogP contribution is -2.64. The molecule has 1 saturated heterocycles. The van der Waals surface area contributed by atoms with E-state index in [1.807, 2.05) is 20.8 Å². The van der Waals surface area contributed by atoms with E-state index in [0.29, 0.717) is 24.0 Å². The number of carbonyl (C=O) groups excluding carboxylic acids is 1. The summed E-state index contributed by atoms with van der Waals surface area (Å²) in [6.45, 7) is 11.4. The summed E-state index contributed by atoms with van der Waals surface area (Å²) in [5.41, 5.74) is -3.93. The highest BCUT2D eigenvalue weighted by Crippen LogP contribution is 2.72. The summed E-state index contributed by atoms with van der Waals surface area (Å²) in [6.07, 6.45) is -6.22. The Balaban J connectivity index is 1.55. The molecule has 5 rings (SSSR count). The number of carbonyl (C=O) groups is 1. The van der Waals surface area contributed by atoms with Crippen LogP contribution in [0.25, 0.3) is 0 Å². The molecule has 0 radical (unpaired) electrons. The van der Waals surface area contributed by atoms with Crippen LogP contribution in [-0.4, -0.2) is 112 Å². The van der Waals surface area contributed by atoms with E-state index < -0.39 is 82.9 Å². The zero-order chi connectivity index (χ0) is 35.2. The molecule has 1 aliphatic heterocycles. The Morgan fingerprint density at radius 3 is 2.30 bits per heavy atom. The number of aliphatic hydroxyl groups excluding tert-OH is 6. The molecule has 0 unspecified atom stereocenters. The lowest BCUT2D eigenvalue weighted by Gasteiger charge is -2.62. The Hall–Kier alpha value is -2.13. The predicted octanol–water partition coefficient (Wildman–Crippen LogP) is 0.505. The van der Waals surface area contributed by atoms with Gasteiger partial charge in [-0.25, -0.2) is 0 Å². The van der Waals surface area contributed by atoms with E-state index in [1.54, 1.807) is 13.0 Å². The molecule has 1 aromatic carbocycles. The largest absolute Gasteiger partial charge is 0.504 e. The van der Waals surface area contributed by atoms with Crippen molar-refractivity contribution < 1.29 is 60.2 Å². The monoisotopic (exact) mass is 664 g/mol. The summed E-state index contributed by atoms with van der Waals surface area (Å²) in [4.78, 5) is 14.6. The number of ether oxygens (including phenoxy) is 2. The fraction of sp³-hybridized carbons (Fsp3) is 0.743. The lowest BCUT2D eigenvalue weighted by atomic mass is 9.41. The van der Waals surface area contributed by atoms with Gasteiger partial charge in [0.05, 0.1) is 29.3 Å². The first-order valence-corrected chi connectivity index (χ1v) is 16.4. The van der Waals surface area contributed by atoms with Crippen molar-refractivity contribution in [1.29, 1.82) is 0 Å². The van der Waals surface area contributed by atoms with Gasteiger partial charge in [-0.2, -0.15) is 0 Å². The number of hydrogen-bond acceptors (Lipinski definition) is 12. The number of aromatic hydroxyl groups is 1. The maximum atomic E-state index is 14.6. The molecule has 13 atom stereocenters. The van der Waals surface area contributed by atoms with Crippen LogP contribution in [-0.2, 0) is 21.4 Å². The number of benzene rings is 1. The summed E-state index contributed by atoms with van der Waals surface area (Å²) in [5, 5.41) is 96.6. The third-order valence-corrected chi connectivity index (χ3v) is 12.5. The van der Waals surface area contributed by atoms with E-state index >= 15 is 0 Å². The second kappa shape index (κ2) is 11.7. The van der Waals surface area contributed by atoms with Gasteiger partial charge >= 0.3 is 0 Å². The molecule has 264 valence electrons. The smallest absolute Gasteiger partial charge is 0.229 e. The van der Waals surface area contributed by atoms with Gasteiger partial charge in [0.1, 0.15) is 36.3 Å². The van der Waals surface area contributed by atoms with Gasteiger partial charge in [0, 0.05) is 12.3 Å². The Morgan fingerprint density at radius 1 is 1.06 bits per heavy atom. The molecule has 0 bridgehead atoms. The molecule has 1 heterocycles. The normalized spacial score (nSPS) is 42.4. The highest BCUT2D eigenvalue weighted by atomic mass is 16.7. The van der Waals surface area contributed by atoms with Crippen molar-refractivity contribution in [3.8, 4) is 11.5 Å². The van der Waals surface area contributed by atoms with Crippen LogP contribution in [0.1, 0.15) is 77.5 Å². The first kappa shape index (κ1) is 36.2. The minimum Gasteiger partial charge on any atom is -0.504 e. The maximum absolute atomic E-state index is 14.6. The van der Waals surface area contributed by atoms with Gasteiger partial charge in [0.15, 0.2) is 11.5 Å². The van der Waals surface area contributed by atoms with Crippen LogP contribution < -0.4 is 4.74 Å². The van der Waals surface area contributed by atoms with Gasteiger partial charge in [-0.15, -0.1) is 0 Å². The van der Waals surface area contributed by atoms with Crippen LogP contribution in [0.4, 0.5) is 0 Å². The molecule has 12 heteroatoms. The van der Waals surface area contributed by atoms with Gasteiger partial charge < -0.3 is 55.4 Å². The molecular formula is C35H52O12. The van der Waals surface area contributed by atoms with Crippen molar-refractivity contribution in [3.63, 3.8) is 0 Å². The second-order valence-electron chi connectivity index (χ2n) is 15.9. The van der Waals surface area contributed by atoms with Gasteiger partial charge in [0.2, 0.25) is 6.29 Å². The van der Waals surface area contributed by atoms with Crippen LogP contribution in [0.3, 0.4) is 0 Å². The Labute approximate surface area is 275 Å². The SMILES string of the molecule is Cc1c(O)c(O[C@@H]2O[C@H](CO)[C@@H](O)[C@H](O)[C@H]2O)cc2c1CC[C@@H]1[C@@]2(C)C(=O)C[C@]2(C)[C@@H]([C@@](C)(O)[C@@H](O)C=CC(C)(C)O)[C@H](O)C[C@@]12C. The number of aliphatic hydroxyl groups is 8. The van der Waals surface area contributed by atoms with Crippen molar-refractivity contribution in [2.75, 3.05) is 6.61 Å². The molecule has 0 aromatic heterocycles. The van der Waals surface area contributed by atoms with Crippen molar-refractivity contribution in [1.82, 2.24) is 0 Å². The van der Waals surface area contributed by atoms with E-state index in [0.717, 1.165) is 5.56 Å². The molecule has 1 aromatic rings. The Kier molecular flexibility index (Phi) is 9.03. The van der Waals surface area contributed by atoms with Crippen LogP contribution in [0.15, 0.2) is 18.2 Å². The summed E-state index contributed by atoms with van der Waals surface area (Å²) < 4.78 is 11.4. The Bertz CT molecular complexity index is 1420. The molecule has 9 N–H and O–H groups in total. The number of phenols is 1. The fourth-order valence-electron chi connectivity index (χ4n) is 9.72. The molecule has 2 saturated carbocycles. The topological polar surface area (TPSA) is 218 Å². The molecule has 0 amide bonds. The number of fused-ring (bicyclic) bond motifs is 5. The summed E-state index contributed by atoms with van der Waals surface area (Å²) in [5.74, 6) is -1.68. The number of phenolic OH excluding ortho intramolecular Hbond substituents is 1. The number of hydrogen-bond donors (Lipinski definition) is 9. The highest BCUT2D eigenvalue weighted by Gasteiger charge is 2.73. The van der Waals surface area contributed by atoms with Gasteiger partial charge in [-0.05, 0) is 93.4 Å². The Morgan fingerprint density at radius 2 is 1.70 bits per heavy atom. The number of Topliss-reactive ketones (excluding diaryl/α,β-unsaturated/α-hetero) is 1. The molecule has 3 fully saturated rings. The van der Waals surface area contributed by atoms with Gasteiger partial charge in [-0.1, -0.05) is 26.0 Å². The lowest BCUT2D eigenvalue weighted by molar-refractivity contribution is -0.277. The molecule has 3 aliphatic carbocycles. The molecule has 0 spiro atoms. The number of ketones is 1. The zero-order valence-electron chi connectivity index (χ0n) is 28.2. The average Bonchev–Trinajstić information content (AvgIpc) is 3.19. The average molecular weight is 665 g/mol. The van der Waals surface area contributed by atoms with Crippen LogP contribution in [0, 0.1) is 29.6 Å². The van der Waals surface area contributed by atoms with Gasteiger partial charge in [0.25, 0.3) is 0 Å². The molecular weight excluding hydrogens is 612 g/mol. The summed E-state index contributed by atoms with van der Waals surface area (Å²) in [7, 11) is 0.